The number of aliphatic hydroxyl groups excluding tert-OH is 22. The van der Waals surface area contributed by atoms with Crippen molar-refractivity contribution in [3.8, 4) is 0 Å². The van der Waals surface area contributed by atoms with Gasteiger partial charge in [0, 0.05) is 39.2 Å². The Hall–Kier alpha value is -4.47. The average Bonchev–Trinajstić information content (AvgIpc) is 0.748. The molecule has 7 aliphatic rings. The van der Waals surface area contributed by atoms with Gasteiger partial charge in [0.2, 0.25) is 11.8 Å². The number of hydrogen-bond acceptors (Lipinski definition) is 44. The van der Waals surface area contributed by atoms with Crippen molar-refractivity contribution in [3.05, 3.63) is 12.2 Å². The zero-order valence-corrected chi connectivity index (χ0v) is 78.1. The summed E-state index contributed by atoms with van der Waals surface area (Å²) in [6, 6.07) is -7.81. The number of ether oxygens (including phenoxy) is 14. The number of carboxylic acid groups (broad SMARTS) is 3. The second-order valence-corrected chi connectivity index (χ2v) is 36.9. The highest BCUT2D eigenvalue weighted by Crippen LogP contribution is 2.44. The molecule has 8 unspecified atom stereocenters. The molecule has 0 radical (unpaired) electrons. The van der Waals surface area contributed by atoms with Gasteiger partial charge in [0.1, 0.15) is 159 Å². The number of nitrogens with two attached hydrogens (primary N) is 3. The second-order valence-electron chi connectivity index (χ2n) is 36.9. The third kappa shape index (κ3) is 32.8. The molecule has 798 valence electrons. The monoisotopic (exact) mass is 1990 g/mol. The molecule has 0 aromatic heterocycles. The molecule has 0 spiro atoms. The van der Waals surface area contributed by atoms with Crippen molar-refractivity contribution in [2.75, 3.05) is 46.2 Å². The lowest BCUT2D eigenvalue weighted by molar-refractivity contribution is -0.405. The van der Waals surface area contributed by atoms with Crippen molar-refractivity contribution >= 4 is 29.7 Å². The van der Waals surface area contributed by atoms with E-state index in [2.05, 4.69) is 24.5 Å². The Morgan fingerprint density at radius 1 is 0.416 bits per heavy atom. The largest absolute Gasteiger partial charge is 0.477 e. The maximum absolute atomic E-state index is 14.0. The molecular weight excluding hydrogens is 1830 g/mol. The topological polar surface area (TPSA) is 822 Å². The number of unbranched alkanes of at least 4 members (excludes halogenated alkanes) is 25. The van der Waals surface area contributed by atoms with Gasteiger partial charge in [0.25, 0.3) is 17.4 Å². The predicted octanol–water partition coefficient (Wildman–Crippen LogP) is -7.27. The number of nitrogens with one attached hydrogen (secondary N) is 2. The van der Waals surface area contributed by atoms with Gasteiger partial charge in [-0.05, 0) is 19.3 Å². The fourth-order valence-corrected chi connectivity index (χ4v) is 18.1. The van der Waals surface area contributed by atoms with E-state index >= 15 is 0 Å². The second kappa shape index (κ2) is 58.6. The normalized spacial score (nSPS) is 37.4. The molecule has 7 aliphatic heterocycles. The highest BCUT2D eigenvalue weighted by molar-refractivity contribution is 5.77. The molecule has 7 fully saturated rings. The lowest BCUT2D eigenvalue weighted by Gasteiger charge is -2.53. The summed E-state index contributed by atoms with van der Waals surface area (Å²) < 4.78 is 83.1. The molecule has 0 aliphatic carbocycles. The maximum atomic E-state index is 14.0. The van der Waals surface area contributed by atoms with Crippen molar-refractivity contribution < 1.29 is 218 Å². The van der Waals surface area contributed by atoms with Crippen LogP contribution in [0.25, 0.3) is 0 Å². The summed E-state index contributed by atoms with van der Waals surface area (Å²) in [5, 5.41) is 286. The van der Waals surface area contributed by atoms with Gasteiger partial charge in [-0.2, -0.15) is 0 Å². The van der Waals surface area contributed by atoms with E-state index in [1.54, 1.807) is 6.08 Å². The Morgan fingerprint density at radius 2 is 0.781 bits per heavy atom. The van der Waals surface area contributed by atoms with Gasteiger partial charge in [-0.25, -0.2) is 14.4 Å². The molecule has 0 aromatic rings. The average molecular weight is 1990 g/mol. The van der Waals surface area contributed by atoms with E-state index in [1.807, 2.05) is 0 Å². The van der Waals surface area contributed by atoms with Crippen LogP contribution in [0.1, 0.15) is 220 Å². The number of hydrogen-bond donors (Lipinski definition) is 30. The Kier molecular flexibility index (Phi) is 51.1. The number of carbonyl (C=O) groups is 5. The lowest BCUT2D eigenvalue weighted by atomic mass is 9.88. The number of carbonyl (C=O) groups excluding carboxylic acids is 2. The van der Waals surface area contributed by atoms with Crippen molar-refractivity contribution in [3.63, 3.8) is 0 Å². The van der Waals surface area contributed by atoms with E-state index in [-0.39, 0.29) is 13.0 Å². The highest BCUT2D eigenvalue weighted by atomic mass is 16.8. The molecule has 2 amide bonds. The van der Waals surface area contributed by atoms with Crippen molar-refractivity contribution in [1.82, 2.24) is 10.6 Å². The van der Waals surface area contributed by atoms with Gasteiger partial charge in [-0.15, -0.1) is 0 Å². The third-order valence-corrected chi connectivity index (χ3v) is 26.3. The molecule has 7 heterocycles. The number of allylic oxidation sites excluding steroid dienone is 1. The van der Waals surface area contributed by atoms with Crippen LogP contribution in [0.5, 0.6) is 0 Å². The van der Waals surface area contributed by atoms with Gasteiger partial charge in [0.05, 0.1) is 76.1 Å². The van der Waals surface area contributed by atoms with E-state index in [0.717, 1.165) is 77.6 Å². The number of aliphatic hydroxyl groups is 22. The molecule has 49 nitrogen and oxygen atoms in total. The standard InChI is InChI=1S/C88H157N5O44/c1-4-6-8-10-12-14-16-18-19-21-23-25-27-29-31-33-56(107)92-37-51(45(101)32-30-28-26-24-22-20-17-15-13-11-9-7-5-2)124-80-66(113)65(112)70(54(42-98)127-80)129-82-69(116)77(136-87(84(120)121)35-46(102)57(89)72(132-87)61(108)49(105)38-94)71(55(43-99)128-82)130-79-60(93-44(3)100)75(63(110)52(40-96)125-79)131-81-68(115)76(64(111)53(41-97)126-81)135-86(83(118)119)34-47(103)59(91)74(134-86)67(114)78(117)137-88(85(122)123)36-48(104)58(90)73(133-88)62(109)50(106)39-95/h30,32,45-55,57-82,94-99,101-106,108-117H,4-29,31,33-43,89-91H2,1-3H3,(H,92,107)(H,93,100)(H,118,119)(H,120,121)(H,122,123)/t45?,46-,47-,48-,49?,50?,51?,52-,53-,54+,55-,57+,58+,59+,60-,61?,62?,63+,64+,65+,66+,67?,68-,69-,70+,71+,72+,73+,74+,75-,76+,77-,78?,79+,80+,81+,82+,86+,87+,88+/m0/s1. The Labute approximate surface area is 794 Å². The fraction of sp³-hybridized carbons (Fsp3) is 0.920. The highest BCUT2D eigenvalue weighted by Gasteiger charge is 2.65. The van der Waals surface area contributed by atoms with Crippen LogP contribution in [0.2, 0.25) is 0 Å². The van der Waals surface area contributed by atoms with Crippen LogP contribution in [0.3, 0.4) is 0 Å². The Morgan fingerprint density at radius 3 is 1.22 bits per heavy atom. The predicted molar refractivity (Wildman–Crippen MR) is 467 cm³/mol. The molecule has 0 saturated carbocycles. The molecule has 0 aromatic carbocycles. The van der Waals surface area contributed by atoms with E-state index in [1.165, 1.54) is 96.0 Å². The SMILES string of the molecule is CCCCCCCCCCCCCC=CC(O)C(CNC(=O)CCCCCCCCCCCCCCCCC)O[C@@H]1O[C@H](CO)[C@@H](O[C@H]2O[C@@H](CO)[C@@H](O[C@H]3O[C@@H](CO)[C@@H](O)[C@@H](O[C@H]4O[C@@H](CO)[C@@H](O)[C@@H](O[C@@]5(C(=O)O)C[C@H](O)[C@@H](N)[C@H](C(O)C(O)O[C@@]6(C(=O)O)C[C@H](O)[C@@H](N)[C@H](C(O)C(O)CO)O6)O5)[C@@H]4O)[C@@H]3NC(C)=O)[C@@H](O[C@@]3(C(=O)O)C[C@H](O)[C@@H](N)[C@H](C(O)C(O)CO)O3)[C@@H]2O)[C@H](O)[C@H]1O. The zero-order chi connectivity index (χ0) is 101. The van der Waals surface area contributed by atoms with Gasteiger partial charge in [-0.3, -0.25) is 9.59 Å². The van der Waals surface area contributed by atoms with Crippen molar-refractivity contribution in [2.45, 2.75) is 464 Å². The molecular formula is C88H157N5O44. The van der Waals surface area contributed by atoms with Gasteiger partial charge in [0.15, 0.2) is 31.5 Å². The van der Waals surface area contributed by atoms with E-state index in [0.29, 0.717) is 12.8 Å². The number of aliphatic carboxylic acids is 3. The summed E-state index contributed by atoms with van der Waals surface area (Å²) in [6.07, 6.45) is -46.9. The quantitative estimate of drug-likeness (QED) is 0.0153. The molecule has 137 heavy (non-hydrogen) atoms. The maximum Gasteiger partial charge on any atom is 0.364 e. The number of carboxylic acids is 3. The van der Waals surface area contributed by atoms with E-state index < -0.39 is 333 Å². The van der Waals surface area contributed by atoms with Crippen LogP contribution in [-0.4, -0.2) is 447 Å². The molecule has 7 saturated heterocycles. The first-order valence-corrected chi connectivity index (χ1v) is 48.2. The Balaban J connectivity index is 1.16. The minimum absolute atomic E-state index is 0.118. The zero-order valence-electron chi connectivity index (χ0n) is 78.1. The van der Waals surface area contributed by atoms with E-state index in [4.69, 9.17) is 83.5 Å². The molecule has 0 bridgehead atoms. The van der Waals surface area contributed by atoms with Crippen LogP contribution < -0.4 is 27.8 Å². The lowest BCUT2D eigenvalue weighted by Crippen LogP contribution is -2.72. The number of amides is 2. The molecule has 7 rings (SSSR count). The minimum Gasteiger partial charge on any atom is -0.477 e. The van der Waals surface area contributed by atoms with Crippen LogP contribution in [0.4, 0.5) is 0 Å². The summed E-state index contributed by atoms with van der Waals surface area (Å²) in [4.78, 5) is 67.6. The summed E-state index contributed by atoms with van der Waals surface area (Å²) in [7, 11) is 0. The van der Waals surface area contributed by atoms with E-state index in [9.17, 15) is 152 Å². The first kappa shape index (κ1) is 119. The van der Waals surface area contributed by atoms with Crippen LogP contribution in [-0.2, 0) is 90.3 Å². The first-order valence-electron chi connectivity index (χ1n) is 48.2. The first-order chi connectivity index (χ1) is 65.1. The van der Waals surface area contributed by atoms with Crippen LogP contribution >= 0.6 is 0 Å². The fourth-order valence-electron chi connectivity index (χ4n) is 18.1. The van der Waals surface area contributed by atoms with Crippen molar-refractivity contribution in [2.24, 2.45) is 17.2 Å². The van der Waals surface area contributed by atoms with Crippen LogP contribution in [0.15, 0.2) is 12.2 Å². The third-order valence-electron chi connectivity index (χ3n) is 26.3. The van der Waals surface area contributed by atoms with Crippen LogP contribution in [0, 0.1) is 0 Å². The van der Waals surface area contributed by atoms with Crippen molar-refractivity contribution in [1.29, 1.82) is 0 Å². The molecule has 33 N–H and O–H groups in total. The number of rotatable bonds is 62. The van der Waals surface area contributed by atoms with Gasteiger partial charge in [-0.1, -0.05) is 180 Å². The summed E-state index contributed by atoms with van der Waals surface area (Å²) in [5.74, 6) is -18.6. The minimum atomic E-state index is -3.54. The Bertz CT molecular complexity index is 3510. The smallest absolute Gasteiger partial charge is 0.364 e. The summed E-state index contributed by atoms with van der Waals surface area (Å²) >= 11 is 0. The summed E-state index contributed by atoms with van der Waals surface area (Å²) in [6.45, 7) is -2.71. The molecule has 49 heteroatoms. The molecule has 40 atom stereocenters. The van der Waals surface area contributed by atoms with Gasteiger partial charge < -0.3 is 222 Å². The summed E-state index contributed by atoms with van der Waals surface area (Å²) in [5.41, 5.74) is 18.3. The van der Waals surface area contributed by atoms with Gasteiger partial charge >= 0.3 is 17.9 Å².